The molecule has 1 atom stereocenters. The number of hydrogen-bond acceptors (Lipinski definition) is 0. The van der Waals surface area contributed by atoms with E-state index in [0.717, 1.165) is 37.1 Å². The van der Waals surface area contributed by atoms with Gasteiger partial charge in [0, 0.05) is 0 Å². The summed E-state index contributed by atoms with van der Waals surface area (Å²) in [7, 11) is 0. The molecule has 55 heavy (non-hydrogen) atoms. The number of rotatable bonds is 1. The minimum atomic E-state index is -4.24. The van der Waals surface area contributed by atoms with Crippen molar-refractivity contribution in [2.24, 2.45) is 11.3 Å². The Bertz CT molecular complexity index is 1750. The molecule has 2 aliphatic rings. The molecule has 0 spiro atoms. The number of alkyl halides is 6. The summed E-state index contributed by atoms with van der Waals surface area (Å²) >= 11 is 1.30. The average Bonchev–Trinajstić information content (AvgIpc) is 3.69. The quantitative estimate of drug-likeness (QED) is 0.117. The zero-order chi connectivity index (χ0) is 42.0. The van der Waals surface area contributed by atoms with Crippen LogP contribution in [0.2, 0.25) is 0 Å². The Morgan fingerprint density at radius 1 is 0.673 bits per heavy atom. The van der Waals surface area contributed by atoms with Crippen molar-refractivity contribution in [1.82, 2.24) is 0 Å². The van der Waals surface area contributed by atoms with E-state index in [1.54, 1.807) is 0 Å². The summed E-state index contributed by atoms with van der Waals surface area (Å²) in [6.07, 6.45) is -0.502. The van der Waals surface area contributed by atoms with Crippen LogP contribution in [-0.2, 0) is 53.8 Å². The van der Waals surface area contributed by atoms with E-state index in [1.165, 1.54) is 93.0 Å². The fourth-order valence-electron chi connectivity index (χ4n) is 5.91. The summed E-state index contributed by atoms with van der Waals surface area (Å²) < 4.78 is 73.9. The molecule has 0 radical (unpaired) electrons. The third-order valence-corrected chi connectivity index (χ3v) is 8.84. The summed E-state index contributed by atoms with van der Waals surface area (Å²) in [5.74, 6) is 0.522. The Labute approximate surface area is 341 Å². The van der Waals surface area contributed by atoms with E-state index in [9.17, 15) is 26.3 Å². The number of halogens is 6. The van der Waals surface area contributed by atoms with Crippen LogP contribution in [-0.4, -0.2) is 4.21 Å². The Morgan fingerprint density at radius 2 is 1.18 bits per heavy atom. The second kappa shape index (κ2) is 19.7. The van der Waals surface area contributed by atoms with E-state index in [1.807, 2.05) is 0 Å². The van der Waals surface area contributed by atoms with Crippen LogP contribution < -0.4 is 0 Å². The first-order chi connectivity index (χ1) is 25.3. The van der Waals surface area contributed by atoms with Gasteiger partial charge in [-0.2, -0.15) is 122 Å². The molecule has 0 saturated heterocycles. The van der Waals surface area contributed by atoms with Crippen LogP contribution in [0.5, 0.6) is 0 Å². The van der Waals surface area contributed by atoms with Gasteiger partial charge in [0.05, 0.1) is 0 Å². The third-order valence-electron chi connectivity index (χ3n) is 8.84. The fraction of sp³-hybridized carbons (Fsp3) is 0.396. The number of benzene rings is 4. The van der Waals surface area contributed by atoms with Crippen LogP contribution in [0, 0.1) is 35.6 Å². The standard InChI is InChI=1S/C21H25.C12H19.2C7H4F3.CH2.Zr/c1-20(2,3)16-7-9-18-14(12-16)11-15-13-17(21(4,5)6)8-10-19(15)18;1-6-10-7-9(2)8-11(10)12(3,4)5;2*8-7(9,10)6-4-2-1-3-5-6;;/h7-10,12H,11H2,1-6H3;8-9H,6H2,1-5H3;2*1-2,4-5H;1H2;/q4*-1;;. The summed E-state index contributed by atoms with van der Waals surface area (Å²) in [6, 6.07) is 29.2. The molecular weight excluding hydrogens is 782 g/mol. The van der Waals surface area contributed by atoms with Crippen LogP contribution in [0.1, 0.15) is 116 Å². The van der Waals surface area contributed by atoms with Gasteiger partial charge >= 0.3 is 40.8 Å². The SMILES string of the molecule is CC(C)(C)c1[c-]c2c(cc1)-c1ccc(C(C)(C)C)cc1C2.CCC1=[C-]C(C)C=C1C(C)(C)C.FC(F)(F)c1c[c-]ccc1.FC(F)(F)c1c[c-]ccc1.[CH2]=[Zr]. The van der Waals surface area contributed by atoms with Crippen molar-refractivity contribution >= 4 is 4.21 Å². The zero-order valence-electron chi connectivity index (χ0n) is 34.0. The monoisotopic (exact) mass is 834 g/mol. The van der Waals surface area contributed by atoms with Crippen LogP contribution >= 0.6 is 0 Å². The summed E-state index contributed by atoms with van der Waals surface area (Å²) in [4.78, 5) is 0. The predicted octanol–water partition coefficient (Wildman–Crippen LogP) is 14.4. The third kappa shape index (κ3) is 14.6. The Kier molecular flexibility index (Phi) is 17.1. The molecule has 0 aliphatic heterocycles. The summed E-state index contributed by atoms with van der Waals surface area (Å²) in [5.41, 5.74) is 10.6. The second-order valence-electron chi connectivity index (χ2n) is 16.5. The molecule has 4 aromatic carbocycles. The normalized spacial score (nSPS) is 14.8. The molecule has 6 rings (SSSR count). The van der Waals surface area contributed by atoms with Gasteiger partial charge in [0.2, 0.25) is 0 Å². The Morgan fingerprint density at radius 3 is 1.55 bits per heavy atom. The maximum atomic E-state index is 11.8. The van der Waals surface area contributed by atoms with Crippen LogP contribution in [0.4, 0.5) is 26.3 Å². The minimum absolute atomic E-state index is 0.167. The molecule has 1 unspecified atom stereocenters. The molecule has 4 aromatic rings. The molecule has 0 N–H and O–H groups in total. The van der Waals surface area contributed by atoms with Gasteiger partial charge < -0.3 is 0 Å². The van der Waals surface area contributed by atoms with Gasteiger partial charge in [-0.05, 0) is 28.4 Å². The molecular formula is C48H54F6Zr-4. The van der Waals surface area contributed by atoms with Crippen LogP contribution in [0.3, 0.4) is 0 Å². The predicted molar refractivity (Wildman–Crippen MR) is 212 cm³/mol. The Balaban J connectivity index is 0.000000265. The van der Waals surface area contributed by atoms with Crippen LogP contribution in [0.25, 0.3) is 11.1 Å². The van der Waals surface area contributed by atoms with E-state index >= 15 is 0 Å². The number of hydrogen-bond donors (Lipinski definition) is 0. The Hall–Kier alpha value is -3.31. The van der Waals surface area contributed by atoms with Crippen molar-refractivity contribution < 1.29 is 50.6 Å². The first kappa shape index (κ1) is 47.8. The van der Waals surface area contributed by atoms with Gasteiger partial charge in [0.25, 0.3) is 0 Å². The average molecular weight is 836 g/mol. The van der Waals surface area contributed by atoms with E-state index in [2.05, 4.69) is 141 Å². The number of allylic oxidation sites excluding steroid dienone is 4. The van der Waals surface area contributed by atoms with Gasteiger partial charge in [-0.15, -0.1) is 11.1 Å². The van der Waals surface area contributed by atoms with Gasteiger partial charge in [0.15, 0.2) is 0 Å². The summed E-state index contributed by atoms with van der Waals surface area (Å²) in [6.45, 7) is 24.8. The topological polar surface area (TPSA) is 0 Å². The molecule has 2 aliphatic carbocycles. The zero-order valence-corrected chi connectivity index (χ0v) is 36.5. The van der Waals surface area contributed by atoms with E-state index in [4.69, 9.17) is 0 Å². The van der Waals surface area contributed by atoms with E-state index < -0.39 is 23.5 Å². The van der Waals surface area contributed by atoms with Crippen LogP contribution in [0.15, 0.2) is 96.1 Å². The fourth-order valence-corrected chi connectivity index (χ4v) is 5.91. The molecule has 0 nitrogen and oxygen atoms in total. The molecule has 0 bridgehead atoms. The first-order valence-corrected chi connectivity index (χ1v) is 20.0. The van der Waals surface area contributed by atoms with Crippen molar-refractivity contribution in [2.45, 2.75) is 112 Å². The van der Waals surface area contributed by atoms with Gasteiger partial charge in [-0.3, -0.25) is 6.08 Å². The molecule has 7 heteroatoms. The molecule has 0 heterocycles. The maximum absolute atomic E-state index is 11.8. The second-order valence-corrected chi connectivity index (χ2v) is 16.5. The van der Waals surface area contributed by atoms with Gasteiger partial charge in [0.1, 0.15) is 0 Å². The molecule has 0 amide bonds. The van der Waals surface area contributed by atoms with Gasteiger partial charge in [-0.25, -0.2) is 5.57 Å². The van der Waals surface area contributed by atoms with Crippen molar-refractivity contribution in [1.29, 1.82) is 0 Å². The van der Waals surface area contributed by atoms with E-state index in [0.29, 0.717) is 11.3 Å². The summed E-state index contributed by atoms with van der Waals surface area (Å²) in [5, 5.41) is 0. The first-order valence-electron chi connectivity index (χ1n) is 18.3. The van der Waals surface area contributed by atoms with Crippen molar-refractivity contribution in [2.75, 3.05) is 0 Å². The molecule has 0 fully saturated rings. The molecule has 296 valence electrons. The van der Waals surface area contributed by atoms with Crippen molar-refractivity contribution in [3.05, 3.63) is 154 Å². The molecule has 0 aromatic heterocycles. The molecule has 0 saturated carbocycles. The van der Waals surface area contributed by atoms with Crippen molar-refractivity contribution in [3.63, 3.8) is 0 Å². The van der Waals surface area contributed by atoms with Crippen molar-refractivity contribution in [3.8, 4) is 11.1 Å². The van der Waals surface area contributed by atoms with E-state index in [-0.39, 0.29) is 10.8 Å². The number of fused-ring (bicyclic) bond motifs is 3. The van der Waals surface area contributed by atoms with Gasteiger partial charge in [-0.1, -0.05) is 129 Å².